The van der Waals surface area contributed by atoms with E-state index in [0.717, 1.165) is 7.05 Å². The van der Waals surface area contributed by atoms with Gasteiger partial charge in [-0.2, -0.15) is 5.06 Å². The van der Waals surface area contributed by atoms with Crippen molar-refractivity contribution in [2.75, 3.05) is 20.2 Å². The molecule has 0 aliphatic rings. The number of rotatable bonds is 4. The first-order chi connectivity index (χ1) is 6.93. The van der Waals surface area contributed by atoms with E-state index in [0.29, 0.717) is 5.06 Å². The molecule has 7 heteroatoms. The predicted molar refractivity (Wildman–Crippen MR) is 50.5 cm³/mol. The van der Waals surface area contributed by atoms with Crippen LogP contribution in [0.15, 0.2) is 0 Å². The second-order valence-electron chi connectivity index (χ2n) is 3.02. The van der Waals surface area contributed by atoms with E-state index >= 15 is 0 Å². The molecule has 0 bridgehead atoms. The van der Waals surface area contributed by atoms with Crippen molar-refractivity contribution in [2.45, 2.75) is 20.0 Å². The maximum absolute atomic E-state index is 10.9. The van der Waals surface area contributed by atoms with Gasteiger partial charge in [0.15, 0.2) is 0 Å². The highest BCUT2D eigenvalue weighted by Crippen LogP contribution is 1.88. The molecule has 0 heterocycles. The lowest BCUT2D eigenvalue weighted by atomic mass is 10.5. The van der Waals surface area contributed by atoms with Crippen LogP contribution in [-0.2, 0) is 9.47 Å². The Morgan fingerprint density at radius 2 is 2.07 bits per heavy atom. The Hall–Kier alpha value is -1.50. The third-order valence-corrected chi connectivity index (χ3v) is 1.20. The normalized spacial score (nSPS) is 9.67. The molecule has 2 N–H and O–H groups in total. The average molecular weight is 220 g/mol. The minimum absolute atomic E-state index is 0.0308. The molecule has 0 saturated heterocycles. The molecule has 0 saturated carbocycles. The van der Waals surface area contributed by atoms with Gasteiger partial charge in [-0.3, -0.25) is 5.21 Å². The van der Waals surface area contributed by atoms with Crippen molar-refractivity contribution in [3.05, 3.63) is 0 Å². The van der Waals surface area contributed by atoms with Gasteiger partial charge in [0.25, 0.3) is 0 Å². The molecule has 0 spiro atoms. The van der Waals surface area contributed by atoms with Crippen LogP contribution in [0.25, 0.3) is 0 Å². The van der Waals surface area contributed by atoms with Crippen molar-refractivity contribution in [1.82, 2.24) is 10.4 Å². The standard InChI is InChI=1S/C8H16N2O5/c1-6(2)15-7(11)9-4-5-14-8(12)10(3)13/h6,13H,4-5H2,1-3H3,(H,9,11). The summed E-state index contributed by atoms with van der Waals surface area (Å²) < 4.78 is 9.28. The highest BCUT2D eigenvalue weighted by atomic mass is 16.6. The van der Waals surface area contributed by atoms with Crippen molar-refractivity contribution in [2.24, 2.45) is 0 Å². The summed E-state index contributed by atoms with van der Waals surface area (Å²) in [5.41, 5.74) is 0. The zero-order valence-corrected chi connectivity index (χ0v) is 9.02. The van der Waals surface area contributed by atoms with Gasteiger partial charge in [0.2, 0.25) is 0 Å². The number of hydrogen-bond donors (Lipinski definition) is 2. The fourth-order valence-corrected chi connectivity index (χ4v) is 0.641. The molecule has 0 unspecified atom stereocenters. The Morgan fingerprint density at radius 1 is 1.47 bits per heavy atom. The summed E-state index contributed by atoms with van der Waals surface area (Å²) in [6.07, 6.45) is -1.65. The second kappa shape index (κ2) is 6.88. The van der Waals surface area contributed by atoms with Gasteiger partial charge >= 0.3 is 12.2 Å². The number of ether oxygens (including phenoxy) is 2. The molecule has 15 heavy (non-hydrogen) atoms. The largest absolute Gasteiger partial charge is 0.447 e. The van der Waals surface area contributed by atoms with Crippen LogP contribution in [-0.4, -0.2) is 48.8 Å². The molecule has 7 nitrogen and oxygen atoms in total. The number of hydrogen-bond acceptors (Lipinski definition) is 5. The smallest absolute Gasteiger partial charge is 0.433 e. The number of carbonyl (C=O) groups excluding carboxylic acids is 2. The van der Waals surface area contributed by atoms with Crippen molar-refractivity contribution in [1.29, 1.82) is 0 Å². The molecule has 0 aromatic rings. The lowest BCUT2D eigenvalue weighted by Crippen LogP contribution is -2.32. The minimum Gasteiger partial charge on any atom is -0.447 e. The Bertz CT molecular complexity index is 217. The first kappa shape index (κ1) is 13.5. The number of carbonyl (C=O) groups is 2. The summed E-state index contributed by atoms with van der Waals surface area (Å²) in [5.74, 6) is 0. The van der Waals surface area contributed by atoms with E-state index < -0.39 is 12.2 Å². The monoisotopic (exact) mass is 220 g/mol. The maximum atomic E-state index is 10.9. The van der Waals surface area contributed by atoms with Gasteiger partial charge in [0, 0.05) is 7.05 Å². The van der Waals surface area contributed by atoms with Crippen LogP contribution in [0.2, 0.25) is 0 Å². The van der Waals surface area contributed by atoms with Crippen LogP contribution >= 0.6 is 0 Å². The average Bonchev–Trinajstić information content (AvgIpc) is 2.10. The number of amides is 2. The Balaban J connectivity index is 3.46. The van der Waals surface area contributed by atoms with E-state index in [-0.39, 0.29) is 19.3 Å². The zero-order chi connectivity index (χ0) is 11.8. The summed E-state index contributed by atoms with van der Waals surface area (Å²) in [6.45, 7) is 3.54. The quantitative estimate of drug-likeness (QED) is 0.411. The van der Waals surface area contributed by atoms with Crippen LogP contribution in [0.5, 0.6) is 0 Å². The first-order valence-corrected chi connectivity index (χ1v) is 4.47. The molecule has 0 rings (SSSR count). The van der Waals surface area contributed by atoms with E-state index in [1.54, 1.807) is 13.8 Å². The lowest BCUT2D eigenvalue weighted by molar-refractivity contribution is -0.0526. The third-order valence-electron chi connectivity index (χ3n) is 1.20. The number of nitrogens with one attached hydrogen (secondary N) is 1. The van der Waals surface area contributed by atoms with Gasteiger partial charge in [-0.05, 0) is 13.8 Å². The predicted octanol–water partition coefficient (Wildman–Crippen LogP) is 0.579. The van der Waals surface area contributed by atoms with E-state index in [1.165, 1.54) is 0 Å². The van der Waals surface area contributed by atoms with Crippen molar-refractivity contribution >= 4 is 12.2 Å². The first-order valence-electron chi connectivity index (χ1n) is 4.47. The fraction of sp³-hybridized carbons (Fsp3) is 0.750. The zero-order valence-electron chi connectivity index (χ0n) is 9.02. The molecular weight excluding hydrogens is 204 g/mol. The topological polar surface area (TPSA) is 88.1 Å². The molecule has 0 atom stereocenters. The number of nitrogens with zero attached hydrogens (tertiary/aromatic N) is 1. The van der Waals surface area contributed by atoms with Crippen molar-refractivity contribution in [3.8, 4) is 0 Å². The summed E-state index contributed by atoms with van der Waals surface area (Å²) in [4.78, 5) is 21.6. The van der Waals surface area contributed by atoms with Gasteiger partial charge in [-0.15, -0.1) is 0 Å². The molecular formula is C8H16N2O5. The number of hydroxylamine groups is 2. The van der Waals surface area contributed by atoms with Gasteiger partial charge in [-0.25, -0.2) is 9.59 Å². The highest BCUT2D eigenvalue weighted by molar-refractivity contribution is 5.67. The summed E-state index contributed by atoms with van der Waals surface area (Å²) in [5, 5.41) is 11.3. The Kier molecular flexibility index (Phi) is 6.19. The molecule has 88 valence electrons. The third kappa shape index (κ3) is 7.56. The fourth-order valence-electron chi connectivity index (χ4n) is 0.641. The summed E-state index contributed by atoms with van der Waals surface area (Å²) in [7, 11) is 1.14. The van der Waals surface area contributed by atoms with Gasteiger partial charge < -0.3 is 14.8 Å². The summed E-state index contributed by atoms with van der Waals surface area (Å²) >= 11 is 0. The van der Waals surface area contributed by atoms with Gasteiger partial charge in [0.05, 0.1) is 12.6 Å². The van der Waals surface area contributed by atoms with Crippen LogP contribution in [0.1, 0.15) is 13.8 Å². The maximum Gasteiger partial charge on any atom is 0.433 e. The van der Waals surface area contributed by atoms with E-state index in [4.69, 9.17) is 9.94 Å². The van der Waals surface area contributed by atoms with Gasteiger partial charge in [-0.1, -0.05) is 0 Å². The molecule has 0 aromatic carbocycles. The molecule has 2 amide bonds. The number of alkyl carbamates (subject to hydrolysis) is 1. The minimum atomic E-state index is -0.881. The Labute approximate surface area is 87.9 Å². The van der Waals surface area contributed by atoms with E-state index in [1.807, 2.05) is 0 Å². The van der Waals surface area contributed by atoms with Crippen LogP contribution in [0, 0.1) is 0 Å². The molecule has 0 aromatic heterocycles. The van der Waals surface area contributed by atoms with Crippen LogP contribution in [0.3, 0.4) is 0 Å². The van der Waals surface area contributed by atoms with Gasteiger partial charge in [0.1, 0.15) is 6.61 Å². The second-order valence-corrected chi connectivity index (χ2v) is 3.02. The SMILES string of the molecule is CC(C)OC(=O)NCCOC(=O)N(C)O. The van der Waals surface area contributed by atoms with Crippen molar-refractivity contribution in [3.63, 3.8) is 0 Å². The molecule has 0 aliphatic heterocycles. The van der Waals surface area contributed by atoms with E-state index in [9.17, 15) is 9.59 Å². The van der Waals surface area contributed by atoms with Crippen LogP contribution < -0.4 is 5.32 Å². The molecule has 0 fully saturated rings. The molecule has 0 aliphatic carbocycles. The Morgan fingerprint density at radius 3 is 2.53 bits per heavy atom. The van der Waals surface area contributed by atoms with E-state index in [2.05, 4.69) is 10.1 Å². The molecule has 0 radical (unpaired) electrons. The summed E-state index contributed by atoms with van der Waals surface area (Å²) in [6, 6.07) is 0. The van der Waals surface area contributed by atoms with Crippen LogP contribution in [0.4, 0.5) is 9.59 Å². The van der Waals surface area contributed by atoms with Crippen molar-refractivity contribution < 1.29 is 24.3 Å². The lowest BCUT2D eigenvalue weighted by Gasteiger charge is -2.11. The highest BCUT2D eigenvalue weighted by Gasteiger charge is 2.07.